The van der Waals surface area contributed by atoms with Crippen LogP contribution in [0.5, 0.6) is 0 Å². The number of anilines is 2. The van der Waals surface area contributed by atoms with Crippen molar-refractivity contribution in [3.63, 3.8) is 0 Å². The summed E-state index contributed by atoms with van der Waals surface area (Å²) in [6, 6.07) is 2.70. The number of benzene rings is 1. The van der Waals surface area contributed by atoms with Gasteiger partial charge in [0.2, 0.25) is 0 Å². The molecule has 19 heavy (non-hydrogen) atoms. The molecule has 0 radical (unpaired) electrons. The van der Waals surface area contributed by atoms with Crippen molar-refractivity contribution in [3.05, 3.63) is 34.0 Å². The molecule has 0 aliphatic rings. The molecule has 1 aromatic carbocycles. The monoisotopic (exact) mass is 363 g/mol. The molecule has 0 saturated heterocycles. The smallest absolute Gasteiger partial charge is 0.265 e. The SMILES string of the molecule is Nc1cc(Cl)cc(S(=O)(=O)Nc2nccnn2)c1Br. The minimum absolute atomic E-state index is 0.107. The Morgan fingerprint density at radius 3 is 2.68 bits per heavy atom. The molecule has 7 nitrogen and oxygen atoms in total. The maximum atomic E-state index is 12.2. The number of nitrogens with two attached hydrogens (primary N) is 1. The van der Waals surface area contributed by atoms with Crippen LogP contribution in [0.3, 0.4) is 0 Å². The first-order valence-electron chi connectivity index (χ1n) is 4.81. The number of nitrogens with one attached hydrogen (secondary N) is 1. The maximum Gasteiger partial charge on any atom is 0.265 e. The number of sulfonamides is 1. The van der Waals surface area contributed by atoms with Crippen LogP contribution in [-0.4, -0.2) is 23.6 Å². The number of hydrogen-bond acceptors (Lipinski definition) is 6. The fourth-order valence-corrected chi connectivity index (χ4v) is 3.49. The number of hydrogen-bond donors (Lipinski definition) is 2. The number of nitrogens with zero attached hydrogens (tertiary/aromatic N) is 3. The van der Waals surface area contributed by atoms with Crippen LogP contribution in [0.15, 0.2) is 33.9 Å². The standard InChI is InChI=1S/C9H7BrClN5O2S/c10-8-6(12)3-5(11)4-7(8)19(17,18)16-9-13-1-2-14-15-9/h1-4H,12H2,(H,13,15,16). The van der Waals surface area contributed by atoms with Gasteiger partial charge in [-0.3, -0.25) is 0 Å². The first-order valence-corrected chi connectivity index (χ1v) is 7.46. The second kappa shape index (κ2) is 5.27. The van der Waals surface area contributed by atoms with Crippen LogP contribution in [0.4, 0.5) is 11.6 Å². The molecular formula is C9H7BrClN5O2S. The highest BCUT2D eigenvalue weighted by atomic mass is 79.9. The van der Waals surface area contributed by atoms with E-state index >= 15 is 0 Å². The lowest BCUT2D eigenvalue weighted by Gasteiger charge is -2.09. The number of rotatable bonds is 3. The summed E-state index contributed by atoms with van der Waals surface area (Å²) in [5.41, 5.74) is 5.85. The van der Waals surface area contributed by atoms with Crippen molar-refractivity contribution in [1.29, 1.82) is 0 Å². The average molecular weight is 365 g/mol. The third-order valence-electron chi connectivity index (χ3n) is 2.03. The molecule has 0 amide bonds. The first kappa shape index (κ1) is 14.0. The topological polar surface area (TPSA) is 111 Å². The van der Waals surface area contributed by atoms with Crippen molar-refractivity contribution in [2.24, 2.45) is 0 Å². The Balaban J connectivity index is 2.46. The summed E-state index contributed by atoms with van der Waals surface area (Å²) in [7, 11) is -3.92. The van der Waals surface area contributed by atoms with Crippen LogP contribution in [0.1, 0.15) is 0 Å². The summed E-state index contributed by atoms with van der Waals surface area (Å²) >= 11 is 8.90. The third kappa shape index (κ3) is 3.11. The summed E-state index contributed by atoms with van der Waals surface area (Å²) in [5, 5.41) is 7.25. The molecule has 100 valence electrons. The minimum atomic E-state index is -3.92. The van der Waals surface area contributed by atoms with Gasteiger partial charge in [-0.15, -0.1) is 5.10 Å². The molecule has 0 atom stereocenters. The highest BCUT2D eigenvalue weighted by molar-refractivity contribution is 9.10. The van der Waals surface area contributed by atoms with Gasteiger partial charge in [0.1, 0.15) is 4.90 Å². The zero-order valence-electron chi connectivity index (χ0n) is 9.21. The summed E-state index contributed by atoms with van der Waals surface area (Å²) in [5.74, 6) is -0.145. The van der Waals surface area contributed by atoms with Gasteiger partial charge in [0.25, 0.3) is 16.0 Å². The van der Waals surface area contributed by atoms with E-state index in [4.69, 9.17) is 17.3 Å². The Bertz CT molecular complexity index is 710. The van der Waals surface area contributed by atoms with E-state index in [9.17, 15) is 8.42 Å². The summed E-state index contributed by atoms with van der Waals surface area (Å²) in [6.07, 6.45) is 2.64. The van der Waals surface area contributed by atoms with E-state index in [1.165, 1.54) is 24.5 Å². The van der Waals surface area contributed by atoms with Crippen molar-refractivity contribution in [2.75, 3.05) is 10.5 Å². The number of aromatic nitrogens is 3. The lowest BCUT2D eigenvalue weighted by molar-refractivity contribution is 0.600. The molecule has 1 aromatic heterocycles. The molecule has 1 heterocycles. The second-order valence-electron chi connectivity index (χ2n) is 3.38. The van der Waals surface area contributed by atoms with E-state index in [0.29, 0.717) is 0 Å². The molecule has 2 rings (SSSR count). The molecule has 0 saturated carbocycles. The molecule has 0 unspecified atom stereocenters. The second-order valence-corrected chi connectivity index (χ2v) is 6.26. The normalized spacial score (nSPS) is 11.3. The van der Waals surface area contributed by atoms with Crippen molar-refractivity contribution in [3.8, 4) is 0 Å². The molecule has 0 fully saturated rings. The molecule has 3 N–H and O–H groups in total. The van der Waals surface area contributed by atoms with Crippen molar-refractivity contribution in [2.45, 2.75) is 4.90 Å². The Morgan fingerprint density at radius 2 is 2.05 bits per heavy atom. The van der Waals surface area contributed by atoms with Gasteiger partial charge >= 0.3 is 0 Å². The molecule has 2 aromatic rings. The fourth-order valence-electron chi connectivity index (χ4n) is 1.25. The highest BCUT2D eigenvalue weighted by Crippen LogP contribution is 2.32. The van der Waals surface area contributed by atoms with Gasteiger partial charge in [-0.1, -0.05) is 11.6 Å². The van der Waals surface area contributed by atoms with Gasteiger partial charge in [0.05, 0.1) is 16.9 Å². The van der Waals surface area contributed by atoms with Gasteiger partial charge in [-0.05, 0) is 28.1 Å². The molecule has 0 aliphatic heterocycles. The van der Waals surface area contributed by atoms with Crippen LogP contribution in [-0.2, 0) is 10.0 Å². The third-order valence-corrected chi connectivity index (χ3v) is 4.75. The maximum absolute atomic E-state index is 12.2. The van der Waals surface area contributed by atoms with E-state index in [1.807, 2.05) is 0 Å². The minimum Gasteiger partial charge on any atom is -0.398 e. The van der Waals surface area contributed by atoms with E-state index in [-0.39, 0.29) is 26.0 Å². The Hall–Kier alpha value is -1.45. The Kier molecular flexibility index (Phi) is 3.88. The fraction of sp³-hybridized carbons (Fsp3) is 0. The van der Waals surface area contributed by atoms with Crippen LogP contribution < -0.4 is 10.5 Å². The molecule has 10 heteroatoms. The lowest BCUT2D eigenvalue weighted by atomic mass is 10.3. The van der Waals surface area contributed by atoms with Crippen molar-refractivity contribution < 1.29 is 8.42 Å². The van der Waals surface area contributed by atoms with Crippen LogP contribution in [0, 0.1) is 0 Å². The predicted octanol–water partition coefficient (Wildman–Crippen LogP) is 1.67. The zero-order chi connectivity index (χ0) is 14.0. The number of halogens is 2. The van der Waals surface area contributed by atoms with Crippen molar-refractivity contribution >= 4 is 49.2 Å². The Labute approximate surface area is 122 Å². The first-order chi connectivity index (χ1) is 8.90. The van der Waals surface area contributed by atoms with Crippen LogP contribution in [0.25, 0.3) is 0 Å². The lowest BCUT2D eigenvalue weighted by Crippen LogP contribution is -2.16. The summed E-state index contributed by atoms with van der Waals surface area (Å²) in [4.78, 5) is 3.61. The summed E-state index contributed by atoms with van der Waals surface area (Å²) < 4.78 is 26.7. The van der Waals surface area contributed by atoms with E-state index in [2.05, 4.69) is 35.8 Å². The van der Waals surface area contributed by atoms with Crippen LogP contribution in [0.2, 0.25) is 5.02 Å². The molecule has 0 aliphatic carbocycles. The van der Waals surface area contributed by atoms with Gasteiger partial charge in [-0.25, -0.2) is 18.1 Å². The highest BCUT2D eigenvalue weighted by Gasteiger charge is 2.21. The largest absolute Gasteiger partial charge is 0.398 e. The number of nitrogen functional groups attached to an aromatic ring is 1. The molecular weight excluding hydrogens is 358 g/mol. The van der Waals surface area contributed by atoms with E-state index in [1.54, 1.807) is 0 Å². The predicted molar refractivity (Wildman–Crippen MR) is 74.2 cm³/mol. The Morgan fingerprint density at radius 1 is 1.32 bits per heavy atom. The van der Waals surface area contributed by atoms with Gasteiger partial charge < -0.3 is 5.73 Å². The quantitative estimate of drug-likeness (QED) is 0.801. The average Bonchev–Trinajstić information content (AvgIpc) is 2.34. The van der Waals surface area contributed by atoms with Gasteiger partial charge in [0, 0.05) is 10.7 Å². The van der Waals surface area contributed by atoms with Crippen molar-refractivity contribution in [1.82, 2.24) is 15.2 Å². The van der Waals surface area contributed by atoms with Crippen LogP contribution >= 0.6 is 27.5 Å². The van der Waals surface area contributed by atoms with Gasteiger partial charge in [-0.2, -0.15) is 5.10 Å². The van der Waals surface area contributed by atoms with Gasteiger partial charge in [0.15, 0.2) is 0 Å². The summed E-state index contributed by atoms with van der Waals surface area (Å²) in [6.45, 7) is 0. The zero-order valence-corrected chi connectivity index (χ0v) is 12.4. The van der Waals surface area contributed by atoms with E-state index in [0.717, 1.165) is 0 Å². The molecule has 0 spiro atoms. The molecule has 0 bridgehead atoms. The van der Waals surface area contributed by atoms with E-state index < -0.39 is 10.0 Å².